The Morgan fingerprint density at radius 1 is 1.09 bits per heavy atom. The maximum Gasteiger partial charge on any atom is 0.260 e. The molecule has 1 rings (SSSR count). The summed E-state index contributed by atoms with van der Waals surface area (Å²) in [6, 6.07) is 0. The van der Waals surface area contributed by atoms with Crippen LogP contribution in [0.3, 0.4) is 0 Å². The molecule has 1 heterocycles. The Bertz CT molecular complexity index is 448. The second-order valence-corrected chi connectivity index (χ2v) is 4.90. The molecule has 8 nitrogen and oxygen atoms in total. The van der Waals surface area contributed by atoms with Gasteiger partial charge < -0.3 is 18.9 Å². The van der Waals surface area contributed by atoms with E-state index in [9.17, 15) is 0 Å². The lowest BCUT2D eigenvalue weighted by Gasteiger charge is -2.28. The van der Waals surface area contributed by atoms with Crippen LogP contribution in [-0.2, 0) is 18.9 Å². The number of nitrogens with one attached hydrogen (secondary N) is 1. The number of hydrogen-bond donors (Lipinski definition) is 1. The molecule has 22 heavy (non-hydrogen) atoms. The summed E-state index contributed by atoms with van der Waals surface area (Å²) in [6.07, 6.45) is -0.442. The molecule has 0 fully saturated rings. The van der Waals surface area contributed by atoms with Gasteiger partial charge in [0, 0.05) is 34.4 Å². The quantitative estimate of drug-likeness (QED) is 0.661. The lowest BCUT2D eigenvalue weighted by molar-refractivity contribution is -0.180. The summed E-state index contributed by atoms with van der Waals surface area (Å²) in [5, 5.41) is 4.44. The van der Waals surface area contributed by atoms with Crippen LogP contribution in [0.25, 0.3) is 0 Å². The zero-order chi connectivity index (χ0) is 16.8. The fourth-order valence-corrected chi connectivity index (χ4v) is 1.87. The summed E-state index contributed by atoms with van der Waals surface area (Å²) in [4.78, 5) is 6.05. The van der Waals surface area contributed by atoms with Gasteiger partial charge in [-0.3, -0.25) is 5.43 Å². The summed E-state index contributed by atoms with van der Waals surface area (Å²) in [7, 11) is 3.09. The van der Waals surface area contributed by atoms with E-state index in [-0.39, 0.29) is 12.2 Å². The predicted molar refractivity (Wildman–Crippen MR) is 81.9 cm³/mol. The summed E-state index contributed by atoms with van der Waals surface area (Å²) < 4.78 is 21.8. The fraction of sp³-hybridized carbons (Fsp3) is 0.857. The molecule has 8 heteroatoms. The summed E-state index contributed by atoms with van der Waals surface area (Å²) in [6.45, 7) is 10.6. The van der Waals surface area contributed by atoms with Gasteiger partial charge in [0.15, 0.2) is 11.6 Å². The Hall–Kier alpha value is -1.22. The van der Waals surface area contributed by atoms with E-state index in [0.717, 1.165) is 0 Å². The summed E-state index contributed by atoms with van der Waals surface area (Å²) in [5.41, 5.74) is 3.04. The van der Waals surface area contributed by atoms with Gasteiger partial charge in [-0.25, -0.2) is 4.98 Å². The molecule has 0 aromatic carbocycles. The van der Waals surface area contributed by atoms with Crippen LogP contribution in [0.15, 0.2) is 0 Å². The SMILES string of the molecule is CCOC(C)c1nc(C(C)OCC)n(NC(C)(OC)OC)n1. The Kier molecular flexibility index (Phi) is 7.21. The number of hydrogen-bond acceptors (Lipinski definition) is 7. The Morgan fingerprint density at radius 2 is 1.64 bits per heavy atom. The average molecular weight is 316 g/mol. The Morgan fingerprint density at radius 3 is 2.14 bits per heavy atom. The number of methoxy groups -OCH3 is 2. The maximum atomic E-state index is 5.62. The molecule has 0 saturated heterocycles. The standard InChI is InChI=1S/C14H28N4O4/c1-8-21-10(3)12-15-13(11(4)22-9-2)18(16-12)17-14(5,19-6)20-7/h10-11,17H,8-9H2,1-7H3. The molecule has 0 saturated carbocycles. The normalized spacial score (nSPS) is 14.9. The van der Waals surface area contributed by atoms with Gasteiger partial charge in [-0.15, -0.1) is 5.10 Å². The molecular formula is C14H28N4O4. The highest BCUT2D eigenvalue weighted by molar-refractivity contribution is 5.01. The van der Waals surface area contributed by atoms with Crippen molar-refractivity contribution in [1.29, 1.82) is 0 Å². The van der Waals surface area contributed by atoms with E-state index < -0.39 is 5.91 Å². The first-order valence-electron chi connectivity index (χ1n) is 7.49. The van der Waals surface area contributed by atoms with E-state index in [0.29, 0.717) is 24.9 Å². The monoisotopic (exact) mass is 316 g/mol. The molecule has 1 aromatic heterocycles. The van der Waals surface area contributed by atoms with Crippen LogP contribution < -0.4 is 5.43 Å². The van der Waals surface area contributed by atoms with Crippen LogP contribution in [0.1, 0.15) is 58.5 Å². The molecule has 1 aromatic rings. The Labute approximate surface area is 132 Å². The lowest BCUT2D eigenvalue weighted by Crippen LogP contribution is -2.45. The molecule has 0 bridgehead atoms. The van der Waals surface area contributed by atoms with Crippen molar-refractivity contribution >= 4 is 0 Å². The van der Waals surface area contributed by atoms with Crippen LogP contribution in [0, 0.1) is 0 Å². The zero-order valence-electron chi connectivity index (χ0n) is 14.5. The lowest BCUT2D eigenvalue weighted by atomic mass is 10.3. The third-order valence-electron chi connectivity index (χ3n) is 3.30. The molecule has 0 radical (unpaired) electrons. The molecule has 2 atom stereocenters. The van der Waals surface area contributed by atoms with Crippen molar-refractivity contribution in [1.82, 2.24) is 14.9 Å². The number of rotatable bonds is 10. The van der Waals surface area contributed by atoms with Gasteiger partial charge in [0.05, 0.1) is 0 Å². The largest absolute Gasteiger partial charge is 0.371 e. The predicted octanol–water partition coefficient (Wildman–Crippen LogP) is 1.98. The molecule has 128 valence electrons. The van der Waals surface area contributed by atoms with Crippen molar-refractivity contribution in [2.75, 3.05) is 32.9 Å². The minimum atomic E-state index is -1.03. The highest BCUT2D eigenvalue weighted by atomic mass is 16.7. The van der Waals surface area contributed by atoms with Crippen molar-refractivity contribution in [2.24, 2.45) is 0 Å². The summed E-state index contributed by atoms with van der Waals surface area (Å²) >= 11 is 0. The number of aromatic nitrogens is 3. The number of ether oxygens (including phenoxy) is 4. The van der Waals surface area contributed by atoms with Crippen LogP contribution in [-0.4, -0.2) is 48.2 Å². The molecule has 0 spiro atoms. The van der Waals surface area contributed by atoms with Gasteiger partial charge >= 0.3 is 0 Å². The van der Waals surface area contributed by atoms with Crippen molar-refractivity contribution in [2.45, 2.75) is 52.7 Å². The van der Waals surface area contributed by atoms with Crippen molar-refractivity contribution in [3.63, 3.8) is 0 Å². The van der Waals surface area contributed by atoms with Gasteiger partial charge in [0.1, 0.15) is 12.2 Å². The maximum absolute atomic E-state index is 5.62. The molecule has 0 aliphatic heterocycles. The van der Waals surface area contributed by atoms with Crippen LogP contribution in [0.4, 0.5) is 0 Å². The molecule has 1 N–H and O–H groups in total. The van der Waals surface area contributed by atoms with Gasteiger partial charge in [0.2, 0.25) is 0 Å². The minimum absolute atomic E-state index is 0.211. The number of nitrogens with zero attached hydrogens (tertiary/aromatic N) is 3. The van der Waals surface area contributed by atoms with Crippen LogP contribution >= 0.6 is 0 Å². The van der Waals surface area contributed by atoms with Crippen molar-refractivity contribution < 1.29 is 18.9 Å². The van der Waals surface area contributed by atoms with Crippen molar-refractivity contribution in [3.8, 4) is 0 Å². The summed E-state index contributed by atoms with van der Waals surface area (Å²) in [5.74, 6) is 0.176. The van der Waals surface area contributed by atoms with E-state index >= 15 is 0 Å². The first kappa shape index (κ1) is 18.8. The molecule has 0 aliphatic carbocycles. The van der Waals surface area contributed by atoms with Gasteiger partial charge in [0.25, 0.3) is 5.91 Å². The Balaban J connectivity index is 3.10. The molecule has 0 aliphatic rings. The zero-order valence-corrected chi connectivity index (χ0v) is 14.5. The molecule has 0 amide bonds. The fourth-order valence-electron chi connectivity index (χ4n) is 1.87. The smallest absolute Gasteiger partial charge is 0.260 e. The van der Waals surface area contributed by atoms with Crippen LogP contribution in [0.5, 0.6) is 0 Å². The first-order valence-corrected chi connectivity index (χ1v) is 7.49. The van der Waals surface area contributed by atoms with E-state index in [1.54, 1.807) is 21.1 Å². The van der Waals surface area contributed by atoms with Gasteiger partial charge in [-0.1, -0.05) is 0 Å². The second-order valence-electron chi connectivity index (χ2n) is 4.90. The van der Waals surface area contributed by atoms with Gasteiger partial charge in [-0.2, -0.15) is 4.79 Å². The molecular weight excluding hydrogens is 288 g/mol. The van der Waals surface area contributed by atoms with Gasteiger partial charge in [-0.05, 0) is 27.7 Å². The first-order chi connectivity index (χ1) is 10.4. The highest BCUT2D eigenvalue weighted by Gasteiger charge is 2.27. The van der Waals surface area contributed by atoms with E-state index in [4.69, 9.17) is 18.9 Å². The second kappa shape index (κ2) is 8.42. The minimum Gasteiger partial charge on any atom is -0.371 e. The average Bonchev–Trinajstić information content (AvgIpc) is 2.91. The third kappa shape index (κ3) is 4.64. The third-order valence-corrected chi connectivity index (χ3v) is 3.30. The van der Waals surface area contributed by atoms with E-state index in [2.05, 4.69) is 15.5 Å². The van der Waals surface area contributed by atoms with E-state index in [1.807, 2.05) is 27.7 Å². The van der Waals surface area contributed by atoms with Crippen LogP contribution in [0.2, 0.25) is 0 Å². The molecule has 2 unspecified atom stereocenters. The topological polar surface area (TPSA) is 79.7 Å². The van der Waals surface area contributed by atoms with Crippen molar-refractivity contribution in [3.05, 3.63) is 11.6 Å². The van der Waals surface area contributed by atoms with E-state index in [1.165, 1.54) is 4.79 Å². The highest BCUT2D eigenvalue weighted by Crippen LogP contribution is 2.20.